The molecule has 0 aromatic heterocycles. The zero-order valence-electron chi connectivity index (χ0n) is 16.8. The summed E-state index contributed by atoms with van der Waals surface area (Å²) >= 11 is 8.74. The van der Waals surface area contributed by atoms with Crippen molar-refractivity contribution in [3.05, 3.63) is 92.4 Å². The molecule has 0 saturated carbocycles. The number of rotatable bonds is 5. The van der Waals surface area contributed by atoms with Crippen LogP contribution < -0.4 is 14.4 Å². The van der Waals surface area contributed by atoms with Crippen molar-refractivity contribution in [3.63, 3.8) is 0 Å². The van der Waals surface area contributed by atoms with E-state index in [4.69, 9.17) is 21.7 Å². The Hall–Kier alpha value is -2.69. The number of hydrogen-bond donors (Lipinski definition) is 0. The fourth-order valence-electron chi connectivity index (χ4n) is 3.06. The fourth-order valence-corrected chi connectivity index (χ4v) is 4.97. The molecular weight excluding hydrogens is 557 g/mol. The Bertz CT molecular complexity index is 1240. The van der Waals surface area contributed by atoms with Crippen LogP contribution in [0.1, 0.15) is 15.9 Å². The second-order valence-electron chi connectivity index (χ2n) is 6.63. The number of para-hydroxylation sites is 1. The van der Waals surface area contributed by atoms with Crippen LogP contribution in [0.5, 0.6) is 11.5 Å². The number of benzene rings is 3. The topological polar surface area (TPSA) is 55.8 Å². The lowest BCUT2D eigenvalue weighted by molar-refractivity contribution is -0.113. The smallest absolute Gasteiger partial charge is 0.344 e. The lowest BCUT2D eigenvalue weighted by atomic mass is 10.1. The molecule has 1 amide bonds. The molecule has 3 aromatic carbocycles. The van der Waals surface area contributed by atoms with Gasteiger partial charge in [-0.15, -0.1) is 0 Å². The second-order valence-corrected chi connectivity index (χ2v) is 9.47. The van der Waals surface area contributed by atoms with Crippen molar-refractivity contribution in [2.45, 2.75) is 0 Å². The van der Waals surface area contributed by atoms with E-state index < -0.39 is 5.97 Å². The Kier molecular flexibility index (Phi) is 6.92. The van der Waals surface area contributed by atoms with Crippen LogP contribution in [0.3, 0.4) is 0 Å². The van der Waals surface area contributed by atoms with E-state index in [-0.39, 0.29) is 5.91 Å². The van der Waals surface area contributed by atoms with Crippen molar-refractivity contribution in [2.75, 3.05) is 12.0 Å². The van der Waals surface area contributed by atoms with Crippen molar-refractivity contribution in [1.29, 1.82) is 0 Å². The Morgan fingerprint density at radius 3 is 2.47 bits per heavy atom. The normalized spacial score (nSPS) is 14.7. The molecule has 1 heterocycles. The highest BCUT2D eigenvalue weighted by molar-refractivity contribution is 14.1. The molecule has 0 aliphatic carbocycles. The van der Waals surface area contributed by atoms with Crippen LogP contribution in [-0.2, 0) is 4.79 Å². The van der Waals surface area contributed by atoms with E-state index in [0.717, 1.165) is 14.8 Å². The molecule has 160 valence electrons. The molecule has 0 unspecified atom stereocenters. The van der Waals surface area contributed by atoms with Crippen LogP contribution in [0.2, 0.25) is 0 Å². The summed E-state index contributed by atoms with van der Waals surface area (Å²) in [5.41, 5.74) is 1.93. The Labute approximate surface area is 208 Å². The maximum absolute atomic E-state index is 12.9. The first kappa shape index (κ1) is 22.5. The first-order valence-electron chi connectivity index (χ1n) is 9.45. The average Bonchev–Trinajstić information content (AvgIpc) is 3.08. The number of carbonyl (C=O) groups excluding carboxylic acids is 2. The number of halogens is 1. The summed E-state index contributed by atoms with van der Waals surface area (Å²) in [6, 6.07) is 21.6. The number of ether oxygens (including phenoxy) is 2. The summed E-state index contributed by atoms with van der Waals surface area (Å²) in [6.45, 7) is 0. The van der Waals surface area contributed by atoms with Gasteiger partial charge in [-0.25, -0.2) is 4.79 Å². The molecule has 0 atom stereocenters. The van der Waals surface area contributed by atoms with Gasteiger partial charge in [0, 0.05) is 3.57 Å². The third-order valence-corrected chi connectivity index (χ3v) is 6.83. The molecule has 1 aliphatic rings. The highest BCUT2D eigenvalue weighted by Crippen LogP contribution is 2.37. The SMILES string of the molecule is COc1cc(/C=C2\SC(=S)N(c3ccccc3)C2=O)ccc1OC(=O)c1ccccc1I. The van der Waals surface area contributed by atoms with Gasteiger partial charge < -0.3 is 9.47 Å². The van der Waals surface area contributed by atoms with E-state index >= 15 is 0 Å². The van der Waals surface area contributed by atoms with E-state index in [1.54, 1.807) is 36.4 Å². The van der Waals surface area contributed by atoms with Crippen LogP contribution in [-0.4, -0.2) is 23.3 Å². The predicted octanol–water partition coefficient (Wildman–Crippen LogP) is 5.92. The molecule has 4 rings (SSSR count). The number of thioether (sulfide) groups is 1. The lowest BCUT2D eigenvalue weighted by Gasteiger charge is -2.13. The van der Waals surface area contributed by atoms with E-state index in [2.05, 4.69) is 22.6 Å². The minimum absolute atomic E-state index is 0.181. The molecule has 3 aromatic rings. The standard InChI is InChI=1S/C24H16INO4S2/c1-29-20-13-15(11-12-19(20)30-23(28)17-9-5-6-10-18(17)25)14-21-22(27)26(24(31)32-21)16-7-3-2-4-8-16/h2-14H,1H3/b21-14-. The van der Waals surface area contributed by atoms with Gasteiger partial charge in [0.1, 0.15) is 0 Å². The summed E-state index contributed by atoms with van der Waals surface area (Å²) < 4.78 is 12.2. The van der Waals surface area contributed by atoms with Crippen LogP contribution in [0.15, 0.2) is 77.7 Å². The molecular formula is C24H16INO4S2. The third-order valence-electron chi connectivity index (χ3n) is 4.59. The van der Waals surface area contributed by atoms with E-state index in [0.29, 0.717) is 26.3 Å². The lowest BCUT2D eigenvalue weighted by Crippen LogP contribution is -2.27. The second kappa shape index (κ2) is 9.85. The third kappa shape index (κ3) is 4.72. The number of hydrogen-bond acceptors (Lipinski definition) is 6. The molecule has 1 fully saturated rings. The van der Waals surface area contributed by atoms with Gasteiger partial charge in [-0.3, -0.25) is 9.69 Å². The van der Waals surface area contributed by atoms with E-state index in [9.17, 15) is 9.59 Å². The molecule has 0 spiro atoms. The average molecular weight is 573 g/mol. The zero-order chi connectivity index (χ0) is 22.7. The number of thiocarbonyl (C=S) groups is 1. The van der Waals surface area contributed by atoms with Gasteiger partial charge in [0.15, 0.2) is 15.8 Å². The van der Waals surface area contributed by atoms with E-state index in [1.165, 1.54) is 23.8 Å². The maximum Gasteiger partial charge on any atom is 0.344 e. The number of amides is 1. The maximum atomic E-state index is 12.9. The number of carbonyl (C=O) groups is 2. The molecule has 8 heteroatoms. The van der Waals surface area contributed by atoms with Crippen LogP contribution >= 0.6 is 46.6 Å². The summed E-state index contributed by atoms with van der Waals surface area (Å²) in [6.07, 6.45) is 1.75. The first-order valence-corrected chi connectivity index (χ1v) is 11.8. The zero-order valence-corrected chi connectivity index (χ0v) is 20.6. The summed E-state index contributed by atoms with van der Waals surface area (Å²) in [5, 5.41) is 0. The number of methoxy groups -OCH3 is 1. The molecule has 5 nitrogen and oxygen atoms in total. The van der Waals surface area contributed by atoms with Crippen LogP contribution in [0, 0.1) is 3.57 Å². The predicted molar refractivity (Wildman–Crippen MR) is 139 cm³/mol. The Balaban J connectivity index is 1.57. The molecule has 1 saturated heterocycles. The quantitative estimate of drug-likeness (QED) is 0.124. The molecule has 32 heavy (non-hydrogen) atoms. The molecule has 0 bridgehead atoms. The highest BCUT2D eigenvalue weighted by atomic mass is 127. The van der Waals surface area contributed by atoms with Crippen molar-refractivity contribution >= 4 is 74.5 Å². The monoisotopic (exact) mass is 573 g/mol. The highest BCUT2D eigenvalue weighted by Gasteiger charge is 2.33. The van der Waals surface area contributed by atoms with Crippen molar-refractivity contribution in [3.8, 4) is 11.5 Å². The van der Waals surface area contributed by atoms with Gasteiger partial charge in [0.2, 0.25) is 0 Å². The largest absolute Gasteiger partial charge is 0.493 e. The molecule has 0 radical (unpaired) electrons. The Morgan fingerprint density at radius 1 is 1.03 bits per heavy atom. The molecule has 0 N–H and O–H groups in total. The van der Waals surface area contributed by atoms with Crippen LogP contribution in [0.25, 0.3) is 6.08 Å². The van der Waals surface area contributed by atoms with Gasteiger partial charge in [0.25, 0.3) is 5.91 Å². The van der Waals surface area contributed by atoms with Gasteiger partial charge in [-0.1, -0.05) is 60.4 Å². The van der Waals surface area contributed by atoms with Crippen molar-refractivity contribution in [2.24, 2.45) is 0 Å². The summed E-state index contributed by atoms with van der Waals surface area (Å²) in [5.74, 6) is 0.0341. The summed E-state index contributed by atoms with van der Waals surface area (Å²) in [4.78, 5) is 27.5. The van der Waals surface area contributed by atoms with E-state index in [1.807, 2.05) is 42.5 Å². The number of anilines is 1. The van der Waals surface area contributed by atoms with Gasteiger partial charge in [-0.05, 0) is 70.6 Å². The number of nitrogens with zero attached hydrogens (tertiary/aromatic N) is 1. The van der Waals surface area contributed by atoms with Gasteiger partial charge >= 0.3 is 5.97 Å². The van der Waals surface area contributed by atoms with Crippen molar-refractivity contribution < 1.29 is 19.1 Å². The molecule has 1 aliphatic heterocycles. The minimum Gasteiger partial charge on any atom is -0.493 e. The van der Waals surface area contributed by atoms with Crippen LogP contribution in [0.4, 0.5) is 5.69 Å². The Morgan fingerprint density at radius 2 is 1.75 bits per heavy atom. The van der Waals surface area contributed by atoms with Gasteiger partial charge in [-0.2, -0.15) is 0 Å². The summed E-state index contributed by atoms with van der Waals surface area (Å²) in [7, 11) is 1.50. The minimum atomic E-state index is -0.468. The van der Waals surface area contributed by atoms with Crippen molar-refractivity contribution in [1.82, 2.24) is 0 Å². The first-order chi connectivity index (χ1) is 15.5. The fraction of sp³-hybridized carbons (Fsp3) is 0.0417. The number of esters is 1. The van der Waals surface area contributed by atoms with Gasteiger partial charge in [0.05, 0.1) is 23.3 Å².